The van der Waals surface area contributed by atoms with Gasteiger partial charge in [0.15, 0.2) is 0 Å². The first kappa shape index (κ1) is 10.9. The minimum Gasteiger partial charge on any atom is -0.380 e. The van der Waals surface area contributed by atoms with Crippen molar-refractivity contribution in [2.45, 2.75) is 24.6 Å². The van der Waals surface area contributed by atoms with Gasteiger partial charge in [0.1, 0.15) is 0 Å². The third kappa shape index (κ3) is 7.03. The first-order valence-electron chi connectivity index (χ1n) is 3.59. The molecule has 0 N–H and O–H groups in total. The highest BCUT2D eigenvalue weighted by molar-refractivity contribution is 9.12. The normalized spacial score (nSPS) is 13.5. The molecule has 0 unspecified atom stereocenters. The van der Waals surface area contributed by atoms with E-state index in [-0.39, 0.29) is 0 Å². The number of hydrogen-bond donors (Lipinski definition) is 0. The van der Waals surface area contributed by atoms with E-state index < -0.39 is 0 Å². The van der Waals surface area contributed by atoms with E-state index in [4.69, 9.17) is 4.74 Å². The molecule has 0 heterocycles. The second kappa shape index (κ2) is 8.02. The molecule has 0 fully saturated rings. The summed E-state index contributed by atoms with van der Waals surface area (Å²) in [5, 5.41) is 0.957. The summed E-state index contributed by atoms with van der Waals surface area (Å²) in [6, 6.07) is 0. The molecule has 0 saturated carbocycles. The van der Waals surface area contributed by atoms with Gasteiger partial charge >= 0.3 is 0 Å². The van der Waals surface area contributed by atoms with Crippen LogP contribution in [-0.2, 0) is 4.74 Å². The molecule has 0 saturated heterocycles. The number of hydrogen-bond acceptors (Lipinski definition) is 1. The van der Waals surface area contributed by atoms with Gasteiger partial charge in [0, 0.05) is 16.8 Å². The number of rotatable bonds is 6. The van der Waals surface area contributed by atoms with Crippen molar-refractivity contribution in [1.82, 2.24) is 0 Å². The summed E-state index contributed by atoms with van der Waals surface area (Å²) in [7, 11) is 0. The largest absolute Gasteiger partial charge is 0.380 e. The molecule has 0 radical (unpaired) electrons. The summed E-state index contributed by atoms with van der Waals surface area (Å²) >= 11 is 6.81. The fraction of sp³-hybridized carbons (Fsp3) is 1.00. The van der Waals surface area contributed by atoms with Crippen LogP contribution in [0.4, 0.5) is 0 Å². The lowest BCUT2D eigenvalue weighted by atomic mass is 10.4. The molecule has 0 aliphatic carbocycles. The number of halogens is 2. The summed E-state index contributed by atoms with van der Waals surface area (Å²) < 4.78 is 5.35. The van der Waals surface area contributed by atoms with Gasteiger partial charge < -0.3 is 4.74 Å². The van der Waals surface area contributed by atoms with Crippen molar-refractivity contribution in [1.29, 1.82) is 0 Å². The summed E-state index contributed by atoms with van der Waals surface area (Å²) in [5.74, 6) is 0. The SMILES string of the molecule is CCCCOC[C@@H](Br)CBr. The van der Waals surface area contributed by atoms with E-state index in [1.54, 1.807) is 0 Å². The molecule has 10 heavy (non-hydrogen) atoms. The molecule has 0 bridgehead atoms. The van der Waals surface area contributed by atoms with E-state index in [0.717, 1.165) is 18.5 Å². The Balaban J connectivity index is 2.89. The van der Waals surface area contributed by atoms with Crippen LogP contribution in [0.1, 0.15) is 19.8 Å². The summed E-state index contributed by atoms with van der Waals surface area (Å²) in [4.78, 5) is 0.462. The minimum absolute atomic E-state index is 0.462. The minimum atomic E-state index is 0.462. The fourth-order valence-electron chi connectivity index (χ4n) is 0.502. The Morgan fingerprint density at radius 1 is 1.50 bits per heavy atom. The number of alkyl halides is 2. The molecule has 1 nitrogen and oxygen atoms in total. The van der Waals surface area contributed by atoms with Crippen LogP contribution >= 0.6 is 31.9 Å². The second-order valence-electron chi connectivity index (χ2n) is 2.18. The summed E-state index contributed by atoms with van der Waals surface area (Å²) in [6.45, 7) is 3.87. The summed E-state index contributed by atoms with van der Waals surface area (Å²) in [6.07, 6.45) is 2.38. The van der Waals surface area contributed by atoms with E-state index in [0.29, 0.717) is 4.83 Å². The zero-order valence-electron chi connectivity index (χ0n) is 6.28. The molecule has 1 atom stereocenters. The molecule has 0 aliphatic heterocycles. The topological polar surface area (TPSA) is 9.23 Å². The van der Waals surface area contributed by atoms with Crippen LogP contribution in [-0.4, -0.2) is 23.4 Å². The molecule has 0 aromatic carbocycles. The van der Waals surface area contributed by atoms with Gasteiger partial charge in [-0.1, -0.05) is 45.2 Å². The molecule has 3 heteroatoms. The van der Waals surface area contributed by atoms with Gasteiger partial charge in [-0.2, -0.15) is 0 Å². The van der Waals surface area contributed by atoms with E-state index >= 15 is 0 Å². The van der Waals surface area contributed by atoms with E-state index in [2.05, 4.69) is 38.8 Å². The summed E-state index contributed by atoms with van der Waals surface area (Å²) in [5.41, 5.74) is 0. The highest BCUT2D eigenvalue weighted by Crippen LogP contribution is 2.03. The van der Waals surface area contributed by atoms with Crippen molar-refractivity contribution < 1.29 is 4.74 Å². The predicted molar refractivity (Wildman–Crippen MR) is 52.2 cm³/mol. The van der Waals surface area contributed by atoms with Crippen LogP contribution in [0.25, 0.3) is 0 Å². The van der Waals surface area contributed by atoms with Crippen molar-refractivity contribution in [2.24, 2.45) is 0 Å². The lowest BCUT2D eigenvalue weighted by Crippen LogP contribution is -2.10. The first-order chi connectivity index (χ1) is 4.81. The first-order valence-corrected chi connectivity index (χ1v) is 5.62. The maximum absolute atomic E-state index is 5.35. The number of ether oxygens (including phenoxy) is 1. The van der Waals surface area contributed by atoms with E-state index in [1.165, 1.54) is 12.8 Å². The predicted octanol–water partition coefficient (Wildman–Crippen LogP) is 2.96. The van der Waals surface area contributed by atoms with Crippen LogP contribution in [0.2, 0.25) is 0 Å². The van der Waals surface area contributed by atoms with Gasteiger partial charge in [0.25, 0.3) is 0 Å². The van der Waals surface area contributed by atoms with E-state index in [1.807, 2.05) is 0 Å². The van der Waals surface area contributed by atoms with Crippen molar-refractivity contribution in [3.05, 3.63) is 0 Å². The molecule has 0 aromatic rings. The highest BCUT2D eigenvalue weighted by Gasteiger charge is 1.99. The highest BCUT2D eigenvalue weighted by atomic mass is 79.9. The van der Waals surface area contributed by atoms with Gasteiger partial charge in [-0.05, 0) is 6.42 Å². The Bertz CT molecular complexity index is 68.6. The number of unbranched alkanes of at least 4 members (excludes halogenated alkanes) is 1. The Morgan fingerprint density at radius 2 is 2.20 bits per heavy atom. The maximum Gasteiger partial charge on any atom is 0.0599 e. The zero-order valence-corrected chi connectivity index (χ0v) is 9.45. The lowest BCUT2D eigenvalue weighted by Gasteiger charge is -2.05. The molecule has 0 rings (SSSR count). The average Bonchev–Trinajstić information content (AvgIpc) is 1.98. The Morgan fingerprint density at radius 3 is 2.70 bits per heavy atom. The van der Waals surface area contributed by atoms with E-state index in [9.17, 15) is 0 Å². The molecular weight excluding hydrogens is 260 g/mol. The Labute approximate surface area is 79.8 Å². The molecule has 0 aromatic heterocycles. The van der Waals surface area contributed by atoms with Crippen LogP contribution < -0.4 is 0 Å². The molecule has 0 spiro atoms. The van der Waals surface area contributed by atoms with Crippen molar-refractivity contribution in [2.75, 3.05) is 18.5 Å². The van der Waals surface area contributed by atoms with Gasteiger partial charge in [-0.15, -0.1) is 0 Å². The van der Waals surface area contributed by atoms with Crippen LogP contribution in [0, 0.1) is 0 Å². The van der Waals surface area contributed by atoms with Gasteiger partial charge in [0.05, 0.1) is 6.61 Å². The fourth-order valence-corrected chi connectivity index (χ4v) is 0.876. The lowest BCUT2D eigenvalue weighted by molar-refractivity contribution is 0.136. The third-order valence-corrected chi connectivity index (χ3v) is 3.35. The Hall–Kier alpha value is 0.920. The van der Waals surface area contributed by atoms with Gasteiger partial charge in [-0.3, -0.25) is 0 Å². The molecule has 0 amide bonds. The smallest absolute Gasteiger partial charge is 0.0599 e. The van der Waals surface area contributed by atoms with Crippen LogP contribution in [0.3, 0.4) is 0 Å². The monoisotopic (exact) mass is 272 g/mol. The van der Waals surface area contributed by atoms with Crippen LogP contribution in [0.15, 0.2) is 0 Å². The van der Waals surface area contributed by atoms with Crippen molar-refractivity contribution >= 4 is 31.9 Å². The third-order valence-electron chi connectivity index (χ3n) is 1.11. The van der Waals surface area contributed by atoms with Crippen molar-refractivity contribution in [3.8, 4) is 0 Å². The Kier molecular flexibility index (Phi) is 8.76. The molecule has 62 valence electrons. The quantitative estimate of drug-likeness (QED) is 0.534. The van der Waals surface area contributed by atoms with Crippen molar-refractivity contribution in [3.63, 3.8) is 0 Å². The van der Waals surface area contributed by atoms with Crippen LogP contribution in [0.5, 0.6) is 0 Å². The average molecular weight is 274 g/mol. The maximum atomic E-state index is 5.35. The van der Waals surface area contributed by atoms with Gasteiger partial charge in [0.2, 0.25) is 0 Å². The standard InChI is InChI=1S/C7H14Br2O/c1-2-3-4-10-6-7(9)5-8/h7H,2-6H2,1H3/t7-/m0/s1. The zero-order chi connectivity index (χ0) is 7.82. The molecular formula is C7H14Br2O. The molecule has 0 aliphatic rings. The second-order valence-corrected chi connectivity index (χ2v) is 4.12. The van der Waals surface area contributed by atoms with Gasteiger partial charge in [-0.25, -0.2) is 0 Å².